The van der Waals surface area contributed by atoms with Crippen molar-refractivity contribution in [2.75, 3.05) is 12.4 Å². The molecule has 0 aromatic heterocycles. The van der Waals surface area contributed by atoms with Crippen molar-refractivity contribution in [2.24, 2.45) is 0 Å². The summed E-state index contributed by atoms with van der Waals surface area (Å²) in [6.45, 7) is 3.55. The number of anilines is 1. The van der Waals surface area contributed by atoms with Crippen molar-refractivity contribution in [3.8, 4) is 5.75 Å². The second-order valence-electron chi connectivity index (χ2n) is 4.79. The largest absolute Gasteiger partial charge is 0.497 e. The number of carboxylic acids is 1. The summed E-state index contributed by atoms with van der Waals surface area (Å²) in [5, 5.41) is 14.6. The van der Waals surface area contributed by atoms with Gasteiger partial charge in [0.15, 0.2) is 0 Å². The minimum atomic E-state index is -0.944. The first-order valence-electron chi connectivity index (χ1n) is 6.91. The summed E-state index contributed by atoms with van der Waals surface area (Å²) < 4.78 is 5.04. The van der Waals surface area contributed by atoms with Crippen LogP contribution in [0.1, 0.15) is 26.7 Å². The first-order valence-corrected chi connectivity index (χ1v) is 6.91. The van der Waals surface area contributed by atoms with Crippen molar-refractivity contribution < 1.29 is 19.4 Å². The van der Waals surface area contributed by atoms with E-state index in [2.05, 4.69) is 10.6 Å². The minimum Gasteiger partial charge on any atom is -0.497 e. The van der Waals surface area contributed by atoms with Crippen molar-refractivity contribution in [2.45, 2.75) is 38.8 Å². The number of carbonyl (C=O) groups excluding carboxylic acids is 1. The first kappa shape index (κ1) is 17.0. The summed E-state index contributed by atoms with van der Waals surface area (Å²) in [5.41, 5.74) is 0.636. The van der Waals surface area contributed by atoms with Crippen molar-refractivity contribution in [1.29, 1.82) is 0 Å². The van der Waals surface area contributed by atoms with Gasteiger partial charge in [-0.25, -0.2) is 0 Å². The molecule has 1 rings (SSSR count). The molecule has 1 aromatic carbocycles. The molecule has 6 nitrogen and oxygen atoms in total. The Morgan fingerprint density at radius 3 is 2.38 bits per heavy atom. The van der Waals surface area contributed by atoms with E-state index < -0.39 is 18.1 Å². The summed E-state index contributed by atoms with van der Waals surface area (Å²) in [5.74, 6) is -0.517. The number of hydrogen-bond acceptors (Lipinski definition) is 4. The number of benzene rings is 1. The van der Waals surface area contributed by atoms with Gasteiger partial charge in [0.2, 0.25) is 5.91 Å². The van der Waals surface area contributed by atoms with E-state index in [-0.39, 0.29) is 5.91 Å². The second-order valence-corrected chi connectivity index (χ2v) is 4.79. The molecule has 0 saturated heterocycles. The number of amides is 1. The highest BCUT2D eigenvalue weighted by atomic mass is 16.5. The van der Waals surface area contributed by atoms with Gasteiger partial charge in [-0.2, -0.15) is 0 Å². The molecule has 0 aliphatic rings. The molecule has 2 unspecified atom stereocenters. The van der Waals surface area contributed by atoms with Gasteiger partial charge in [-0.3, -0.25) is 14.9 Å². The quantitative estimate of drug-likeness (QED) is 0.681. The third kappa shape index (κ3) is 5.43. The molecular formula is C15H22N2O4. The number of aliphatic carboxylic acids is 1. The molecule has 1 aromatic rings. The SMILES string of the molecule is CCCC(NC(C)C(=O)Nc1ccc(OC)cc1)C(=O)O. The Hall–Kier alpha value is -2.08. The Morgan fingerprint density at radius 2 is 1.90 bits per heavy atom. The van der Waals surface area contributed by atoms with Gasteiger partial charge in [-0.15, -0.1) is 0 Å². The lowest BCUT2D eigenvalue weighted by atomic mass is 10.1. The van der Waals surface area contributed by atoms with E-state index >= 15 is 0 Å². The fraction of sp³-hybridized carbons (Fsp3) is 0.467. The van der Waals surface area contributed by atoms with Crippen LogP contribution < -0.4 is 15.4 Å². The topological polar surface area (TPSA) is 87.7 Å². The van der Waals surface area contributed by atoms with E-state index in [9.17, 15) is 9.59 Å². The Labute approximate surface area is 124 Å². The number of carboxylic acid groups (broad SMARTS) is 1. The number of carbonyl (C=O) groups is 2. The molecule has 0 spiro atoms. The lowest BCUT2D eigenvalue weighted by molar-refractivity contribution is -0.140. The molecule has 1 amide bonds. The standard InChI is InChI=1S/C15H22N2O4/c1-4-5-13(15(19)20)16-10(2)14(18)17-11-6-8-12(21-3)9-7-11/h6-10,13,16H,4-5H2,1-3H3,(H,17,18)(H,19,20). The molecular weight excluding hydrogens is 272 g/mol. The normalized spacial score (nSPS) is 13.3. The van der Waals surface area contributed by atoms with Crippen molar-refractivity contribution in [3.63, 3.8) is 0 Å². The third-order valence-electron chi connectivity index (χ3n) is 3.08. The molecule has 2 atom stereocenters. The average Bonchev–Trinajstić information content (AvgIpc) is 2.47. The highest BCUT2D eigenvalue weighted by Gasteiger charge is 2.22. The smallest absolute Gasteiger partial charge is 0.320 e. The average molecular weight is 294 g/mol. The molecule has 3 N–H and O–H groups in total. The lowest BCUT2D eigenvalue weighted by Gasteiger charge is -2.19. The fourth-order valence-corrected chi connectivity index (χ4v) is 1.87. The highest BCUT2D eigenvalue weighted by molar-refractivity contribution is 5.95. The highest BCUT2D eigenvalue weighted by Crippen LogP contribution is 2.15. The van der Waals surface area contributed by atoms with Crippen LogP contribution in [-0.2, 0) is 9.59 Å². The van der Waals surface area contributed by atoms with E-state index in [1.165, 1.54) is 0 Å². The maximum absolute atomic E-state index is 12.0. The number of nitrogens with one attached hydrogen (secondary N) is 2. The van der Waals surface area contributed by atoms with Crippen molar-refractivity contribution in [3.05, 3.63) is 24.3 Å². The van der Waals surface area contributed by atoms with Gasteiger partial charge < -0.3 is 15.2 Å². The Kier molecular flexibility index (Phi) is 6.68. The summed E-state index contributed by atoms with van der Waals surface area (Å²) in [6.07, 6.45) is 1.21. The zero-order chi connectivity index (χ0) is 15.8. The lowest BCUT2D eigenvalue weighted by Crippen LogP contribution is -2.47. The van der Waals surface area contributed by atoms with Gasteiger partial charge >= 0.3 is 5.97 Å². The molecule has 116 valence electrons. The van der Waals surface area contributed by atoms with Gasteiger partial charge in [-0.1, -0.05) is 13.3 Å². The van der Waals surface area contributed by atoms with Gasteiger partial charge in [0.1, 0.15) is 11.8 Å². The van der Waals surface area contributed by atoms with Gasteiger partial charge in [0.05, 0.1) is 13.2 Å². The molecule has 0 saturated carbocycles. The first-order chi connectivity index (χ1) is 9.97. The number of ether oxygens (including phenoxy) is 1. The van der Waals surface area contributed by atoms with Crippen LogP contribution in [0, 0.1) is 0 Å². The van der Waals surface area contributed by atoms with Crippen molar-refractivity contribution >= 4 is 17.6 Å². The molecule has 0 bridgehead atoms. The monoisotopic (exact) mass is 294 g/mol. The predicted octanol–water partition coefficient (Wildman–Crippen LogP) is 1.87. The van der Waals surface area contributed by atoms with E-state index in [4.69, 9.17) is 9.84 Å². The van der Waals surface area contributed by atoms with Crippen LogP contribution in [0.4, 0.5) is 5.69 Å². The van der Waals surface area contributed by atoms with Gasteiger partial charge in [0.25, 0.3) is 0 Å². The van der Waals surface area contributed by atoms with Gasteiger partial charge in [-0.05, 0) is 37.6 Å². The molecule has 0 fully saturated rings. The van der Waals surface area contributed by atoms with Crippen LogP contribution in [0.5, 0.6) is 5.75 Å². The minimum absolute atomic E-state index is 0.275. The van der Waals surface area contributed by atoms with Crippen molar-refractivity contribution in [1.82, 2.24) is 5.32 Å². The second kappa shape index (κ2) is 8.26. The van der Waals surface area contributed by atoms with Crippen LogP contribution in [0.3, 0.4) is 0 Å². The maximum Gasteiger partial charge on any atom is 0.320 e. The van der Waals surface area contributed by atoms with E-state index in [1.54, 1.807) is 38.3 Å². The van der Waals surface area contributed by atoms with Crippen LogP contribution in [-0.4, -0.2) is 36.2 Å². The fourth-order valence-electron chi connectivity index (χ4n) is 1.87. The van der Waals surface area contributed by atoms with Crippen LogP contribution in [0.25, 0.3) is 0 Å². The maximum atomic E-state index is 12.0. The number of methoxy groups -OCH3 is 1. The molecule has 0 aliphatic carbocycles. The van der Waals surface area contributed by atoms with Gasteiger partial charge in [0, 0.05) is 5.69 Å². The summed E-state index contributed by atoms with van der Waals surface area (Å²) in [6, 6.07) is 5.62. The van der Waals surface area contributed by atoms with Crippen LogP contribution in [0.2, 0.25) is 0 Å². The zero-order valence-electron chi connectivity index (χ0n) is 12.6. The predicted molar refractivity (Wildman–Crippen MR) is 80.6 cm³/mol. The number of hydrogen-bond donors (Lipinski definition) is 3. The molecule has 6 heteroatoms. The third-order valence-corrected chi connectivity index (χ3v) is 3.08. The molecule has 21 heavy (non-hydrogen) atoms. The Bertz CT molecular complexity index is 473. The summed E-state index contributed by atoms with van der Waals surface area (Å²) in [4.78, 5) is 23.1. The molecule has 0 radical (unpaired) electrons. The van der Waals surface area contributed by atoms with E-state index in [1.807, 2.05) is 6.92 Å². The Morgan fingerprint density at radius 1 is 1.29 bits per heavy atom. The number of rotatable bonds is 8. The van der Waals surface area contributed by atoms with E-state index in [0.717, 1.165) is 6.42 Å². The summed E-state index contributed by atoms with van der Waals surface area (Å²) in [7, 11) is 1.57. The Balaban J connectivity index is 2.58. The zero-order valence-corrected chi connectivity index (χ0v) is 12.6. The molecule has 0 aliphatic heterocycles. The van der Waals surface area contributed by atoms with Crippen LogP contribution in [0.15, 0.2) is 24.3 Å². The van der Waals surface area contributed by atoms with Crippen LogP contribution >= 0.6 is 0 Å². The molecule has 0 heterocycles. The summed E-state index contributed by atoms with van der Waals surface area (Å²) >= 11 is 0. The van der Waals surface area contributed by atoms with E-state index in [0.29, 0.717) is 17.9 Å².